The molecular weight excluding hydrogens is 268 g/mol. The van der Waals surface area contributed by atoms with Crippen LogP contribution in [0.25, 0.3) is 21.9 Å². The van der Waals surface area contributed by atoms with E-state index in [4.69, 9.17) is 16.0 Å². The summed E-state index contributed by atoms with van der Waals surface area (Å²) in [7, 11) is 0. The van der Waals surface area contributed by atoms with Gasteiger partial charge in [0.2, 0.25) is 0 Å². The first-order valence-electron chi connectivity index (χ1n) is 7.11. The van der Waals surface area contributed by atoms with Crippen LogP contribution in [-0.4, -0.2) is 0 Å². The molecule has 102 valence electrons. The normalized spacial score (nSPS) is 22.2. The van der Waals surface area contributed by atoms with E-state index < -0.39 is 0 Å². The minimum atomic E-state index is 0.100. The summed E-state index contributed by atoms with van der Waals surface area (Å²) in [4.78, 5) is 0. The Labute approximate surface area is 123 Å². The maximum atomic E-state index is 6.68. The summed E-state index contributed by atoms with van der Waals surface area (Å²) in [5.41, 5.74) is 3.48. The lowest BCUT2D eigenvalue weighted by atomic mass is 10.0. The van der Waals surface area contributed by atoms with Crippen LogP contribution in [0.1, 0.15) is 31.2 Å². The zero-order valence-electron chi connectivity index (χ0n) is 11.7. The van der Waals surface area contributed by atoms with E-state index in [1.165, 1.54) is 22.8 Å². The summed E-state index contributed by atoms with van der Waals surface area (Å²) >= 11 is 6.68. The molecule has 1 aliphatic rings. The molecule has 0 N–H and O–H groups in total. The molecule has 2 unspecified atom stereocenters. The molecule has 1 nitrogen and oxygen atoms in total. The van der Waals surface area contributed by atoms with Gasteiger partial charge in [-0.3, -0.25) is 0 Å². The SMILES string of the molecule is CC1(C)CC1C(Cl)c1ccc2oc3ccccc3c2c1. The summed E-state index contributed by atoms with van der Waals surface area (Å²) < 4.78 is 5.86. The third-order valence-corrected chi connectivity index (χ3v) is 5.22. The fourth-order valence-electron chi connectivity index (χ4n) is 3.15. The van der Waals surface area contributed by atoms with Gasteiger partial charge >= 0.3 is 0 Å². The predicted molar refractivity (Wildman–Crippen MR) is 84.2 cm³/mol. The monoisotopic (exact) mass is 284 g/mol. The molecule has 2 aromatic carbocycles. The number of benzene rings is 2. The Hall–Kier alpha value is -1.47. The van der Waals surface area contributed by atoms with Gasteiger partial charge in [0.1, 0.15) is 11.2 Å². The Bertz CT molecular complexity index is 799. The van der Waals surface area contributed by atoms with Crippen molar-refractivity contribution in [2.24, 2.45) is 11.3 Å². The van der Waals surface area contributed by atoms with Crippen molar-refractivity contribution >= 4 is 33.5 Å². The highest BCUT2D eigenvalue weighted by molar-refractivity contribution is 6.21. The Morgan fingerprint density at radius 2 is 1.80 bits per heavy atom. The van der Waals surface area contributed by atoms with Crippen molar-refractivity contribution in [1.29, 1.82) is 0 Å². The Balaban J connectivity index is 1.84. The Morgan fingerprint density at radius 1 is 1.10 bits per heavy atom. The molecule has 2 heteroatoms. The number of para-hydroxylation sites is 1. The predicted octanol–water partition coefficient (Wildman–Crippen LogP) is 5.91. The van der Waals surface area contributed by atoms with Gasteiger partial charge in [-0.25, -0.2) is 0 Å². The van der Waals surface area contributed by atoms with Crippen molar-refractivity contribution in [3.8, 4) is 0 Å². The zero-order valence-corrected chi connectivity index (χ0v) is 12.4. The molecule has 0 saturated heterocycles. The van der Waals surface area contributed by atoms with Crippen molar-refractivity contribution in [3.05, 3.63) is 48.0 Å². The second-order valence-electron chi connectivity index (χ2n) is 6.55. The maximum absolute atomic E-state index is 6.68. The third kappa shape index (κ3) is 1.76. The molecule has 0 radical (unpaired) electrons. The fourth-order valence-corrected chi connectivity index (χ4v) is 3.72. The van der Waals surface area contributed by atoms with Crippen LogP contribution in [0.4, 0.5) is 0 Å². The molecule has 1 fully saturated rings. The number of alkyl halides is 1. The van der Waals surface area contributed by atoms with Crippen LogP contribution in [0, 0.1) is 11.3 Å². The van der Waals surface area contributed by atoms with Crippen LogP contribution in [-0.2, 0) is 0 Å². The molecule has 0 aliphatic heterocycles. The molecule has 1 aromatic heterocycles. The van der Waals surface area contributed by atoms with E-state index >= 15 is 0 Å². The third-order valence-electron chi connectivity index (χ3n) is 4.66. The minimum absolute atomic E-state index is 0.100. The number of halogens is 1. The molecule has 0 spiro atoms. The molecule has 0 bridgehead atoms. The second-order valence-corrected chi connectivity index (χ2v) is 7.02. The van der Waals surface area contributed by atoms with Crippen LogP contribution in [0.3, 0.4) is 0 Å². The van der Waals surface area contributed by atoms with Gasteiger partial charge in [0.25, 0.3) is 0 Å². The summed E-state index contributed by atoms with van der Waals surface area (Å²) in [5.74, 6) is 0.583. The van der Waals surface area contributed by atoms with Crippen LogP contribution in [0.5, 0.6) is 0 Å². The summed E-state index contributed by atoms with van der Waals surface area (Å²) in [6, 6.07) is 14.5. The number of furan rings is 1. The standard InChI is InChI=1S/C18H17ClO/c1-18(2)10-14(18)17(19)11-7-8-16-13(9-11)12-5-3-4-6-15(12)20-16/h3-9,14,17H,10H2,1-2H3. The lowest BCUT2D eigenvalue weighted by molar-refractivity contribution is 0.548. The van der Waals surface area contributed by atoms with Gasteiger partial charge < -0.3 is 4.42 Å². The molecule has 0 amide bonds. The van der Waals surface area contributed by atoms with E-state index in [1.807, 2.05) is 18.2 Å². The van der Waals surface area contributed by atoms with Crippen molar-refractivity contribution < 1.29 is 4.42 Å². The quantitative estimate of drug-likeness (QED) is 0.533. The van der Waals surface area contributed by atoms with E-state index in [9.17, 15) is 0 Å². The van der Waals surface area contributed by atoms with Crippen molar-refractivity contribution in [1.82, 2.24) is 0 Å². The Kier molecular flexibility index (Phi) is 2.47. The van der Waals surface area contributed by atoms with Crippen molar-refractivity contribution in [2.75, 3.05) is 0 Å². The number of hydrogen-bond acceptors (Lipinski definition) is 1. The number of fused-ring (bicyclic) bond motifs is 3. The van der Waals surface area contributed by atoms with Gasteiger partial charge in [-0.2, -0.15) is 0 Å². The molecule has 20 heavy (non-hydrogen) atoms. The first-order chi connectivity index (χ1) is 9.56. The highest BCUT2D eigenvalue weighted by Gasteiger charge is 2.49. The van der Waals surface area contributed by atoms with Crippen LogP contribution in [0.2, 0.25) is 0 Å². The van der Waals surface area contributed by atoms with E-state index in [-0.39, 0.29) is 5.38 Å². The minimum Gasteiger partial charge on any atom is -0.456 e. The average molecular weight is 285 g/mol. The average Bonchev–Trinajstić information content (AvgIpc) is 2.93. The Morgan fingerprint density at radius 3 is 2.55 bits per heavy atom. The smallest absolute Gasteiger partial charge is 0.135 e. The number of hydrogen-bond donors (Lipinski definition) is 0. The highest BCUT2D eigenvalue weighted by Crippen LogP contribution is 2.60. The van der Waals surface area contributed by atoms with E-state index in [0.717, 1.165) is 11.2 Å². The van der Waals surface area contributed by atoms with E-state index in [2.05, 4.69) is 38.1 Å². The summed E-state index contributed by atoms with van der Waals surface area (Å²) in [6.07, 6.45) is 1.21. The van der Waals surface area contributed by atoms with Crippen LogP contribution in [0.15, 0.2) is 46.9 Å². The molecule has 2 atom stereocenters. The largest absolute Gasteiger partial charge is 0.456 e. The topological polar surface area (TPSA) is 13.1 Å². The molecule has 4 rings (SSSR count). The lowest BCUT2D eigenvalue weighted by Gasteiger charge is -2.11. The second kappa shape index (κ2) is 4.02. The van der Waals surface area contributed by atoms with Gasteiger partial charge in [0, 0.05) is 10.8 Å². The lowest BCUT2D eigenvalue weighted by Crippen LogP contribution is -1.99. The van der Waals surface area contributed by atoms with Crippen molar-refractivity contribution in [3.63, 3.8) is 0 Å². The van der Waals surface area contributed by atoms with Gasteiger partial charge in [-0.15, -0.1) is 11.6 Å². The summed E-state index contributed by atoms with van der Waals surface area (Å²) in [5, 5.41) is 2.44. The van der Waals surface area contributed by atoms with Gasteiger partial charge in [-0.1, -0.05) is 38.1 Å². The molecular formula is C18H17ClO. The fraction of sp³-hybridized carbons (Fsp3) is 0.333. The molecule has 1 saturated carbocycles. The summed E-state index contributed by atoms with van der Waals surface area (Å²) in [6.45, 7) is 4.58. The first kappa shape index (κ1) is 12.3. The van der Waals surface area contributed by atoms with E-state index in [0.29, 0.717) is 11.3 Å². The van der Waals surface area contributed by atoms with Gasteiger partial charge in [0.05, 0.1) is 5.38 Å². The van der Waals surface area contributed by atoms with Gasteiger partial charge in [-0.05, 0) is 41.5 Å². The maximum Gasteiger partial charge on any atom is 0.135 e. The van der Waals surface area contributed by atoms with Crippen molar-refractivity contribution in [2.45, 2.75) is 25.6 Å². The zero-order chi connectivity index (χ0) is 13.9. The highest BCUT2D eigenvalue weighted by atomic mass is 35.5. The number of rotatable bonds is 2. The molecule has 1 heterocycles. The molecule has 3 aromatic rings. The molecule has 1 aliphatic carbocycles. The van der Waals surface area contributed by atoms with E-state index in [1.54, 1.807) is 0 Å². The van der Waals surface area contributed by atoms with Gasteiger partial charge in [0.15, 0.2) is 0 Å². The van der Waals surface area contributed by atoms with Crippen LogP contribution < -0.4 is 0 Å². The first-order valence-corrected chi connectivity index (χ1v) is 7.55. The van der Waals surface area contributed by atoms with Crippen LogP contribution >= 0.6 is 11.6 Å².